The van der Waals surface area contributed by atoms with Crippen LogP contribution in [0.25, 0.3) is 5.57 Å². The van der Waals surface area contributed by atoms with Crippen molar-refractivity contribution in [3.8, 4) is 0 Å². The van der Waals surface area contributed by atoms with Crippen LogP contribution >= 0.6 is 0 Å². The first-order valence-electron chi connectivity index (χ1n) is 7.65. The minimum absolute atomic E-state index is 0.627. The van der Waals surface area contributed by atoms with Crippen molar-refractivity contribution in [3.05, 3.63) is 60.5 Å². The molecular weight excluding hydrogens is 242 g/mol. The van der Waals surface area contributed by atoms with Crippen LogP contribution in [-0.4, -0.2) is 4.98 Å². The molecule has 1 heterocycles. The Labute approximate surface area is 124 Å². The summed E-state index contributed by atoms with van der Waals surface area (Å²) in [6.45, 7) is 10.5. The minimum Gasteiger partial charge on any atom is -0.257 e. The van der Waals surface area contributed by atoms with Crippen LogP contribution in [0.3, 0.4) is 0 Å². The average molecular weight is 269 g/mol. The molecule has 20 heavy (non-hydrogen) atoms. The summed E-state index contributed by atoms with van der Waals surface area (Å²) in [4.78, 5) is 4.42. The quantitative estimate of drug-likeness (QED) is 0.542. The summed E-state index contributed by atoms with van der Waals surface area (Å²) in [5.41, 5.74) is 3.65. The van der Waals surface area contributed by atoms with Gasteiger partial charge in [-0.2, -0.15) is 0 Å². The van der Waals surface area contributed by atoms with Gasteiger partial charge in [-0.05, 0) is 49.0 Å². The molecule has 1 heteroatoms. The molecule has 0 aliphatic heterocycles. The first kappa shape index (κ1) is 16.4. The van der Waals surface area contributed by atoms with Crippen molar-refractivity contribution in [1.82, 2.24) is 4.98 Å². The van der Waals surface area contributed by atoms with Gasteiger partial charge in [0, 0.05) is 6.20 Å². The van der Waals surface area contributed by atoms with Crippen molar-refractivity contribution in [3.63, 3.8) is 0 Å². The summed E-state index contributed by atoms with van der Waals surface area (Å²) in [6.07, 6.45) is 13.1. The minimum atomic E-state index is 0.627. The van der Waals surface area contributed by atoms with Gasteiger partial charge in [0.05, 0.1) is 5.69 Å². The third kappa shape index (κ3) is 5.16. The predicted molar refractivity (Wildman–Crippen MR) is 89.5 cm³/mol. The number of allylic oxidation sites excluding steroid dienone is 5. The van der Waals surface area contributed by atoms with E-state index >= 15 is 0 Å². The van der Waals surface area contributed by atoms with Crippen molar-refractivity contribution >= 4 is 5.57 Å². The maximum atomic E-state index is 4.42. The molecule has 0 aromatic carbocycles. The number of aromatic nitrogens is 1. The Hall–Kier alpha value is -1.63. The zero-order valence-corrected chi connectivity index (χ0v) is 13.1. The van der Waals surface area contributed by atoms with Crippen LogP contribution in [0.4, 0.5) is 0 Å². The zero-order chi connectivity index (χ0) is 14.8. The van der Waals surface area contributed by atoms with Crippen LogP contribution < -0.4 is 0 Å². The lowest BCUT2D eigenvalue weighted by molar-refractivity contribution is 0.512. The standard InChI is InChI=1S/C19H27N/c1-5-10-17(11-6-2)18(12-7-3)15-16(4)19-13-8-9-14-20-19/h7-9,12-15,17H,3,5-6,10-11H2,1-2,4H3/b16-15+,18-12+. The number of pyridine rings is 1. The van der Waals surface area contributed by atoms with Gasteiger partial charge in [0.2, 0.25) is 0 Å². The van der Waals surface area contributed by atoms with Gasteiger partial charge in [-0.15, -0.1) is 0 Å². The van der Waals surface area contributed by atoms with E-state index in [-0.39, 0.29) is 0 Å². The molecule has 0 N–H and O–H groups in total. The Morgan fingerprint density at radius 3 is 2.45 bits per heavy atom. The molecule has 1 aromatic rings. The fraction of sp³-hybridized carbons (Fsp3) is 0.421. The second kappa shape index (κ2) is 9.30. The molecule has 0 radical (unpaired) electrons. The Morgan fingerprint density at radius 1 is 1.25 bits per heavy atom. The van der Waals surface area contributed by atoms with Gasteiger partial charge < -0.3 is 0 Å². The topological polar surface area (TPSA) is 12.9 Å². The smallest absolute Gasteiger partial charge is 0.0658 e. The SMILES string of the molecule is C=C/C=C(\C=C(/C)c1ccccn1)C(CCC)CCC. The van der Waals surface area contributed by atoms with Crippen LogP contribution in [0.15, 0.2) is 54.8 Å². The molecule has 1 aromatic heterocycles. The van der Waals surface area contributed by atoms with Gasteiger partial charge in [0.25, 0.3) is 0 Å². The summed E-state index contributed by atoms with van der Waals surface area (Å²) in [7, 11) is 0. The third-order valence-corrected chi connectivity index (χ3v) is 3.51. The molecule has 0 bridgehead atoms. The Kier molecular flexibility index (Phi) is 7.64. The maximum Gasteiger partial charge on any atom is 0.0658 e. The molecule has 108 valence electrons. The van der Waals surface area contributed by atoms with Gasteiger partial charge in [-0.1, -0.05) is 57.6 Å². The molecule has 0 aliphatic rings. The van der Waals surface area contributed by atoms with Crippen molar-refractivity contribution in [1.29, 1.82) is 0 Å². The first-order chi connectivity index (χ1) is 9.72. The van der Waals surface area contributed by atoms with E-state index in [1.807, 2.05) is 24.4 Å². The highest BCUT2D eigenvalue weighted by Gasteiger charge is 2.11. The average Bonchev–Trinajstić information content (AvgIpc) is 2.47. The van der Waals surface area contributed by atoms with Gasteiger partial charge in [-0.25, -0.2) is 0 Å². The van der Waals surface area contributed by atoms with Crippen molar-refractivity contribution < 1.29 is 0 Å². The molecule has 0 amide bonds. The first-order valence-corrected chi connectivity index (χ1v) is 7.65. The number of nitrogens with zero attached hydrogens (tertiary/aromatic N) is 1. The highest BCUT2D eigenvalue weighted by atomic mass is 14.7. The van der Waals surface area contributed by atoms with E-state index in [2.05, 4.69) is 50.6 Å². The summed E-state index contributed by atoms with van der Waals surface area (Å²) in [5.74, 6) is 0.627. The highest BCUT2D eigenvalue weighted by Crippen LogP contribution is 2.26. The van der Waals surface area contributed by atoms with E-state index in [9.17, 15) is 0 Å². The van der Waals surface area contributed by atoms with E-state index < -0.39 is 0 Å². The van der Waals surface area contributed by atoms with E-state index in [1.54, 1.807) is 0 Å². The van der Waals surface area contributed by atoms with Crippen LogP contribution in [-0.2, 0) is 0 Å². The molecule has 0 saturated heterocycles. The third-order valence-electron chi connectivity index (χ3n) is 3.51. The Bertz CT molecular complexity index is 448. The van der Waals surface area contributed by atoms with E-state index in [4.69, 9.17) is 0 Å². The van der Waals surface area contributed by atoms with Crippen LogP contribution in [0.2, 0.25) is 0 Å². The second-order valence-corrected chi connectivity index (χ2v) is 5.22. The van der Waals surface area contributed by atoms with Crippen molar-refractivity contribution in [2.75, 3.05) is 0 Å². The van der Waals surface area contributed by atoms with E-state index in [0.29, 0.717) is 5.92 Å². The summed E-state index contributed by atoms with van der Waals surface area (Å²) >= 11 is 0. The lowest BCUT2D eigenvalue weighted by atomic mass is 9.88. The maximum absolute atomic E-state index is 4.42. The number of hydrogen-bond donors (Lipinski definition) is 0. The molecule has 0 saturated carbocycles. The summed E-state index contributed by atoms with van der Waals surface area (Å²) in [6, 6.07) is 6.05. The second-order valence-electron chi connectivity index (χ2n) is 5.22. The van der Waals surface area contributed by atoms with Crippen molar-refractivity contribution in [2.45, 2.75) is 46.5 Å². The van der Waals surface area contributed by atoms with Crippen LogP contribution in [0.1, 0.15) is 52.1 Å². The highest BCUT2D eigenvalue weighted by molar-refractivity contribution is 5.63. The summed E-state index contributed by atoms with van der Waals surface area (Å²) < 4.78 is 0. The molecule has 0 fully saturated rings. The molecular formula is C19H27N. The normalized spacial score (nSPS) is 12.8. The van der Waals surface area contributed by atoms with Gasteiger partial charge >= 0.3 is 0 Å². The molecule has 0 aliphatic carbocycles. The summed E-state index contributed by atoms with van der Waals surface area (Å²) in [5, 5.41) is 0. The molecule has 1 rings (SSSR count). The van der Waals surface area contributed by atoms with Crippen LogP contribution in [0, 0.1) is 5.92 Å². The van der Waals surface area contributed by atoms with E-state index in [0.717, 1.165) is 5.69 Å². The fourth-order valence-corrected chi connectivity index (χ4v) is 2.53. The Morgan fingerprint density at radius 2 is 1.95 bits per heavy atom. The lowest BCUT2D eigenvalue weighted by Gasteiger charge is -2.17. The van der Waals surface area contributed by atoms with E-state index in [1.165, 1.54) is 36.8 Å². The zero-order valence-electron chi connectivity index (χ0n) is 13.1. The van der Waals surface area contributed by atoms with Crippen molar-refractivity contribution in [2.24, 2.45) is 5.92 Å². The molecule has 1 nitrogen and oxygen atoms in total. The monoisotopic (exact) mass is 269 g/mol. The van der Waals surface area contributed by atoms with Gasteiger partial charge in [0.1, 0.15) is 0 Å². The molecule has 0 atom stereocenters. The lowest BCUT2D eigenvalue weighted by Crippen LogP contribution is -2.03. The Balaban J connectivity index is 3.01. The predicted octanol–water partition coefficient (Wildman–Crippen LogP) is 5.81. The number of hydrogen-bond acceptors (Lipinski definition) is 1. The van der Waals surface area contributed by atoms with Gasteiger partial charge in [-0.3, -0.25) is 4.98 Å². The van der Waals surface area contributed by atoms with Gasteiger partial charge in [0.15, 0.2) is 0 Å². The fourth-order valence-electron chi connectivity index (χ4n) is 2.53. The van der Waals surface area contributed by atoms with Crippen LogP contribution in [0.5, 0.6) is 0 Å². The molecule has 0 unspecified atom stereocenters. The molecule has 0 spiro atoms. The largest absolute Gasteiger partial charge is 0.257 e. The number of rotatable bonds is 8.